The maximum Gasteiger partial charge on any atom is 0.437 e. The molecule has 2 saturated heterocycles. The first-order valence-corrected chi connectivity index (χ1v) is 17.9. The number of aliphatic hydroxyl groups excluding tert-OH is 1. The first kappa shape index (κ1) is 41.3. The van der Waals surface area contributed by atoms with Crippen LogP contribution < -0.4 is 10.6 Å². The predicted molar refractivity (Wildman–Crippen MR) is 201 cm³/mol. The second-order valence-corrected chi connectivity index (χ2v) is 13.8. The third-order valence-electron chi connectivity index (χ3n) is 9.90. The van der Waals surface area contributed by atoms with Crippen LogP contribution in [-0.2, 0) is 43.6 Å². The van der Waals surface area contributed by atoms with Gasteiger partial charge >= 0.3 is 18.2 Å². The zero-order valence-corrected chi connectivity index (χ0v) is 31.1. The number of aliphatic imine (C=N–C) groups is 1. The zero-order chi connectivity index (χ0) is 42.4. The molecule has 3 N–H and O–H groups in total. The fraction of sp³-hybridized carbons (Fsp3) is 0.324. The number of nitrogens with one attached hydrogen (secondary N) is 2. The number of aliphatic hydroxyl groups is 1. The molecule has 0 aromatic heterocycles. The fourth-order valence-corrected chi connectivity index (χ4v) is 6.74. The second-order valence-electron chi connectivity index (χ2n) is 13.8. The number of hydrogen-bond donors (Lipinski definition) is 3. The number of nitro benzene ring substituents is 3. The Morgan fingerprint density at radius 1 is 0.780 bits per heavy atom. The summed E-state index contributed by atoms with van der Waals surface area (Å²) in [6.45, 7) is 1.31. The predicted octanol–water partition coefficient (Wildman–Crippen LogP) is 3.21. The van der Waals surface area contributed by atoms with E-state index in [1.54, 1.807) is 4.90 Å². The Balaban J connectivity index is 1.13. The molecule has 59 heavy (non-hydrogen) atoms. The number of nitro groups is 3. The summed E-state index contributed by atoms with van der Waals surface area (Å²) in [5, 5.41) is 49.2. The number of carbonyl (C=O) groups excluding carboxylic acids is 4. The van der Waals surface area contributed by atoms with Crippen molar-refractivity contribution in [2.24, 2.45) is 10.9 Å². The summed E-state index contributed by atoms with van der Waals surface area (Å²) in [6, 6.07) is 14.8. The van der Waals surface area contributed by atoms with Crippen LogP contribution in [-0.4, -0.2) is 97.5 Å². The van der Waals surface area contributed by atoms with E-state index < -0.39 is 51.0 Å². The molecule has 22 heteroatoms. The van der Waals surface area contributed by atoms with Crippen molar-refractivity contribution in [3.05, 3.63) is 131 Å². The van der Waals surface area contributed by atoms with Crippen LogP contribution in [0.25, 0.3) is 0 Å². The minimum Gasteiger partial charge on any atom is -0.456 e. The van der Waals surface area contributed by atoms with Gasteiger partial charge in [0.25, 0.3) is 17.1 Å². The number of β-lactam (4-membered cyclic amide) rings is 1. The summed E-state index contributed by atoms with van der Waals surface area (Å²) >= 11 is 0. The molecule has 6 rings (SSSR count). The number of non-ortho nitro benzene ring substituents is 3. The number of ether oxygens (including phenoxy) is 3. The van der Waals surface area contributed by atoms with Gasteiger partial charge in [0.1, 0.15) is 25.5 Å². The molecular formula is C37H36N8O14. The Morgan fingerprint density at radius 2 is 1.27 bits per heavy atom. The van der Waals surface area contributed by atoms with Gasteiger partial charge in [0.15, 0.2) is 0 Å². The standard InChI is InChI=1S/C37H36N8O14/c1-21-28(33(42-30(21)14-32(42)47)34(48)57-18-22-2-8-25(9-3-22)43(51)52)15-41-16-29(31(46)17-41)38-35(39-36(49)58-19-23-4-10-26(11-5-23)44(53)54)40-37(50)59-20-24-6-12-27(13-7-24)45(55)56/h2-13,21,29-31,46H,14-20H2,1H3,(H2,38,39,40,49,50)/t21?,29-,30?,31-/m0/s1. The molecule has 3 amide bonds. The lowest BCUT2D eigenvalue weighted by molar-refractivity contribution is -0.385. The molecule has 0 radical (unpaired) electrons. The van der Waals surface area contributed by atoms with Crippen LogP contribution in [0.1, 0.15) is 30.0 Å². The van der Waals surface area contributed by atoms with E-state index in [0.717, 1.165) is 0 Å². The number of nitrogens with zero attached hydrogens (tertiary/aromatic N) is 6. The topological polar surface area (TPSA) is 289 Å². The first-order valence-electron chi connectivity index (χ1n) is 17.9. The number of carbonyl (C=O) groups is 4. The van der Waals surface area contributed by atoms with E-state index in [1.165, 1.54) is 77.7 Å². The van der Waals surface area contributed by atoms with Gasteiger partial charge < -0.3 is 29.5 Å². The normalized spacial score (nSPS) is 20.0. The van der Waals surface area contributed by atoms with Crippen molar-refractivity contribution in [3.63, 3.8) is 0 Å². The van der Waals surface area contributed by atoms with Crippen LogP contribution in [0, 0.1) is 36.3 Å². The van der Waals surface area contributed by atoms with Crippen LogP contribution in [0.4, 0.5) is 26.7 Å². The molecule has 0 spiro atoms. The molecule has 2 unspecified atom stereocenters. The van der Waals surface area contributed by atoms with E-state index >= 15 is 0 Å². The largest absolute Gasteiger partial charge is 0.456 e. The summed E-state index contributed by atoms with van der Waals surface area (Å²) in [4.78, 5) is 90.1. The summed E-state index contributed by atoms with van der Waals surface area (Å²) in [7, 11) is 0. The van der Waals surface area contributed by atoms with Gasteiger partial charge in [-0.15, -0.1) is 4.99 Å². The third kappa shape index (κ3) is 9.98. The minimum atomic E-state index is -1.18. The summed E-state index contributed by atoms with van der Waals surface area (Å²) in [5.74, 6) is -1.72. The highest BCUT2D eigenvalue weighted by Crippen LogP contribution is 2.43. The Hall–Kier alpha value is -7.33. The third-order valence-corrected chi connectivity index (χ3v) is 9.90. The molecule has 0 aliphatic carbocycles. The molecular weight excluding hydrogens is 780 g/mol. The lowest BCUT2D eigenvalue weighted by atomic mass is 9.90. The van der Waals surface area contributed by atoms with Crippen LogP contribution in [0.2, 0.25) is 0 Å². The van der Waals surface area contributed by atoms with Gasteiger partial charge in [-0.05, 0) is 58.7 Å². The lowest BCUT2D eigenvalue weighted by Crippen LogP contribution is -2.51. The van der Waals surface area contributed by atoms with E-state index in [-0.39, 0.29) is 86.5 Å². The fourth-order valence-electron chi connectivity index (χ4n) is 6.74. The summed E-state index contributed by atoms with van der Waals surface area (Å²) < 4.78 is 15.9. The van der Waals surface area contributed by atoms with E-state index in [1.807, 2.05) is 6.92 Å². The second kappa shape index (κ2) is 17.9. The van der Waals surface area contributed by atoms with Gasteiger partial charge in [-0.2, -0.15) is 0 Å². The van der Waals surface area contributed by atoms with Crippen LogP contribution in [0.5, 0.6) is 0 Å². The van der Waals surface area contributed by atoms with Crippen molar-refractivity contribution in [1.82, 2.24) is 20.4 Å². The number of likely N-dealkylation sites (tertiary alicyclic amines) is 1. The number of fused-ring (bicyclic) bond motifs is 1. The number of alkyl carbamates (subject to hydrolysis) is 1. The molecule has 3 aliphatic rings. The molecule has 2 fully saturated rings. The molecule has 3 aromatic rings. The van der Waals surface area contributed by atoms with E-state index in [2.05, 4.69) is 15.6 Å². The molecule has 3 aliphatic heterocycles. The number of esters is 1. The molecule has 3 heterocycles. The van der Waals surface area contributed by atoms with Gasteiger partial charge in [0.2, 0.25) is 11.9 Å². The lowest BCUT2D eigenvalue weighted by Gasteiger charge is -2.37. The average Bonchev–Trinajstić information content (AvgIpc) is 3.66. The average molecular weight is 817 g/mol. The first-order chi connectivity index (χ1) is 28.2. The smallest absolute Gasteiger partial charge is 0.437 e. The van der Waals surface area contributed by atoms with E-state index in [4.69, 9.17) is 14.2 Å². The maximum atomic E-state index is 13.5. The quantitative estimate of drug-likeness (QED) is 0.0424. The van der Waals surface area contributed by atoms with Crippen molar-refractivity contribution in [1.29, 1.82) is 0 Å². The van der Waals surface area contributed by atoms with Crippen molar-refractivity contribution >= 4 is 47.1 Å². The Bertz CT molecular complexity index is 2210. The Kier molecular flexibility index (Phi) is 12.5. The van der Waals surface area contributed by atoms with Crippen molar-refractivity contribution in [2.75, 3.05) is 19.6 Å². The highest BCUT2D eigenvalue weighted by molar-refractivity contribution is 6.00. The number of amides is 3. The maximum absolute atomic E-state index is 13.5. The monoisotopic (exact) mass is 816 g/mol. The van der Waals surface area contributed by atoms with Gasteiger partial charge in [0, 0.05) is 68.4 Å². The van der Waals surface area contributed by atoms with Crippen LogP contribution >= 0.6 is 0 Å². The molecule has 4 atom stereocenters. The highest BCUT2D eigenvalue weighted by Gasteiger charge is 2.52. The summed E-state index contributed by atoms with van der Waals surface area (Å²) in [5.41, 5.74) is 1.54. The van der Waals surface area contributed by atoms with Crippen molar-refractivity contribution < 1.29 is 53.3 Å². The van der Waals surface area contributed by atoms with Crippen LogP contribution in [0.3, 0.4) is 0 Å². The van der Waals surface area contributed by atoms with Gasteiger partial charge in [-0.3, -0.25) is 45.4 Å². The van der Waals surface area contributed by atoms with E-state index in [9.17, 15) is 54.6 Å². The van der Waals surface area contributed by atoms with Gasteiger partial charge in [-0.25, -0.2) is 14.4 Å². The van der Waals surface area contributed by atoms with Crippen molar-refractivity contribution in [2.45, 2.75) is 51.4 Å². The highest BCUT2D eigenvalue weighted by atomic mass is 16.6. The van der Waals surface area contributed by atoms with Gasteiger partial charge in [0.05, 0.1) is 33.0 Å². The Morgan fingerprint density at radius 3 is 1.76 bits per heavy atom. The van der Waals surface area contributed by atoms with Crippen molar-refractivity contribution in [3.8, 4) is 0 Å². The van der Waals surface area contributed by atoms with Gasteiger partial charge in [-0.1, -0.05) is 6.92 Å². The molecule has 22 nitrogen and oxygen atoms in total. The number of β-amino-alcohol motifs (C(OH)–C–C–N with tert-alkyl or cyclic N) is 1. The molecule has 3 aromatic carbocycles. The molecule has 0 saturated carbocycles. The number of guanidine groups is 1. The minimum absolute atomic E-state index is 0.0556. The Labute approximate surface area is 333 Å². The SMILES string of the molecule is CC1C(CN2C[C@H](N/C(=N\C(=O)OCc3ccc([N+](=O)[O-])cc3)NC(=O)OCc3ccc([N+](=O)[O-])cc3)[C@@H](O)C2)=C(C(=O)OCc2ccc([N+](=O)[O-])cc2)N2C(=O)CC12. The van der Waals surface area contributed by atoms with E-state index in [0.29, 0.717) is 22.3 Å². The number of rotatable bonds is 13. The molecule has 308 valence electrons. The zero-order valence-electron chi connectivity index (χ0n) is 31.1. The number of benzene rings is 3. The van der Waals surface area contributed by atoms with Crippen LogP contribution in [0.15, 0.2) is 89.1 Å². The molecule has 0 bridgehead atoms. The number of hydrogen-bond acceptors (Lipinski definition) is 15. The summed E-state index contributed by atoms with van der Waals surface area (Å²) in [6.07, 6.45) is -3.15.